The monoisotopic (exact) mass is 362 g/mol. The summed E-state index contributed by atoms with van der Waals surface area (Å²) in [5, 5.41) is 4.75. The van der Waals surface area contributed by atoms with Crippen LogP contribution < -0.4 is 10.6 Å². The van der Waals surface area contributed by atoms with Crippen molar-refractivity contribution >= 4 is 23.1 Å². The number of anilines is 3. The van der Waals surface area contributed by atoms with E-state index in [1.165, 1.54) is 18.2 Å². The molecule has 1 aromatic heterocycles. The van der Waals surface area contributed by atoms with E-state index in [4.69, 9.17) is 0 Å². The zero-order valence-corrected chi connectivity index (χ0v) is 12.9. The van der Waals surface area contributed by atoms with Crippen LogP contribution in [0.1, 0.15) is 10.5 Å². The summed E-state index contributed by atoms with van der Waals surface area (Å²) in [4.78, 5) is 19.7. The van der Waals surface area contributed by atoms with Gasteiger partial charge in [0.15, 0.2) is 17.5 Å². The Kier molecular flexibility index (Phi) is 4.78. The molecule has 0 radical (unpaired) electrons. The van der Waals surface area contributed by atoms with Gasteiger partial charge in [0.25, 0.3) is 5.91 Å². The number of halogens is 4. The highest BCUT2D eigenvalue weighted by Crippen LogP contribution is 2.22. The molecule has 5 nitrogen and oxygen atoms in total. The Morgan fingerprint density at radius 3 is 2.27 bits per heavy atom. The Hall–Kier alpha value is -3.49. The highest BCUT2D eigenvalue weighted by molar-refractivity contribution is 6.02. The van der Waals surface area contributed by atoms with E-state index in [0.29, 0.717) is 0 Å². The SMILES string of the molecule is O=C(Nc1ccccc1F)c1cnc(Nc2ccc(F)c(F)c2F)cn1. The molecule has 3 rings (SSSR count). The molecule has 1 heterocycles. The summed E-state index contributed by atoms with van der Waals surface area (Å²) in [6, 6.07) is 7.34. The molecular formula is C17H10F4N4O. The molecule has 2 aromatic carbocycles. The Morgan fingerprint density at radius 1 is 0.808 bits per heavy atom. The van der Waals surface area contributed by atoms with Gasteiger partial charge in [-0.3, -0.25) is 4.79 Å². The first-order chi connectivity index (χ1) is 12.5. The van der Waals surface area contributed by atoms with Crippen LogP contribution in [0.4, 0.5) is 34.8 Å². The van der Waals surface area contributed by atoms with Crippen LogP contribution in [0.3, 0.4) is 0 Å². The Balaban J connectivity index is 1.73. The lowest BCUT2D eigenvalue weighted by Crippen LogP contribution is -2.15. The minimum Gasteiger partial charge on any atom is -0.336 e. The molecule has 0 bridgehead atoms. The van der Waals surface area contributed by atoms with Crippen molar-refractivity contribution in [1.82, 2.24) is 9.97 Å². The lowest BCUT2D eigenvalue weighted by atomic mass is 10.3. The molecule has 26 heavy (non-hydrogen) atoms. The van der Waals surface area contributed by atoms with Crippen LogP contribution >= 0.6 is 0 Å². The highest BCUT2D eigenvalue weighted by atomic mass is 19.2. The quantitative estimate of drug-likeness (QED) is 0.543. The van der Waals surface area contributed by atoms with Gasteiger partial charge in [-0.05, 0) is 24.3 Å². The topological polar surface area (TPSA) is 66.9 Å². The maximum atomic E-state index is 13.6. The summed E-state index contributed by atoms with van der Waals surface area (Å²) in [5.41, 5.74) is -0.489. The molecule has 0 spiro atoms. The van der Waals surface area contributed by atoms with Crippen LogP contribution in [0.15, 0.2) is 48.8 Å². The molecule has 0 aliphatic heterocycles. The standard InChI is InChI=1S/C17H10F4N4O/c18-9-3-1-2-4-11(9)25-17(26)13-7-23-14(8-22-13)24-12-6-5-10(19)15(20)16(12)21/h1-8H,(H,23,24)(H,25,26). The van der Waals surface area contributed by atoms with Crippen LogP contribution in [0.5, 0.6) is 0 Å². The van der Waals surface area contributed by atoms with Gasteiger partial charge in [0.2, 0.25) is 0 Å². The molecule has 0 fully saturated rings. The van der Waals surface area contributed by atoms with Gasteiger partial charge < -0.3 is 10.6 Å². The maximum absolute atomic E-state index is 13.6. The van der Waals surface area contributed by atoms with Gasteiger partial charge in [0.1, 0.15) is 17.3 Å². The van der Waals surface area contributed by atoms with Crippen molar-refractivity contribution in [2.24, 2.45) is 0 Å². The number of carbonyl (C=O) groups is 1. The van der Waals surface area contributed by atoms with Gasteiger partial charge in [-0.15, -0.1) is 0 Å². The Bertz CT molecular complexity index is 963. The van der Waals surface area contributed by atoms with Crippen LogP contribution in [-0.4, -0.2) is 15.9 Å². The number of carbonyl (C=O) groups excluding carboxylic acids is 1. The summed E-state index contributed by atoms with van der Waals surface area (Å²) in [7, 11) is 0. The molecule has 0 saturated heterocycles. The second kappa shape index (κ2) is 7.18. The van der Waals surface area contributed by atoms with Crippen LogP contribution in [0.2, 0.25) is 0 Å². The van der Waals surface area contributed by atoms with E-state index in [0.717, 1.165) is 24.5 Å². The average molecular weight is 362 g/mol. The first-order valence-electron chi connectivity index (χ1n) is 7.24. The molecule has 0 atom stereocenters. The molecule has 132 valence electrons. The number of nitrogens with zero attached hydrogens (tertiary/aromatic N) is 2. The third-order valence-corrected chi connectivity index (χ3v) is 3.30. The van der Waals surface area contributed by atoms with E-state index >= 15 is 0 Å². The fraction of sp³-hybridized carbons (Fsp3) is 0. The van der Waals surface area contributed by atoms with E-state index in [1.807, 2.05) is 0 Å². The van der Waals surface area contributed by atoms with Gasteiger partial charge in [0.05, 0.1) is 23.8 Å². The van der Waals surface area contributed by atoms with Crippen molar-refractivity contribution in [3.63, 3.8) is 0 Å². The highest BCUT2D eigenvalue weighted by Gasteiger charge is 2.15. The number of hydrogen-bond acceptors (Lipinski definition) is 4. The van der Waals surface area contributed by atoms with E-state index in [1.54, 1.807) is 6.07 Å². The lowest BCUT2D eigenvalue weighted by Gasteiger charge is -2.08. The molecule has 0 saturated carbocycles. The van der Waals surface area contributed by atoms with Gasteiger partial charge in [-0.25, -0.2) is 27.5 Å². The first-order valence-corrected chi connectivity index (χ1v) is 7.24. The minimum atomic E-state index is -1.62. The molecule has 2 N–H and O–H groups in total. The van der Waals surface area contributed by atoms with Gasteiger partial charge >= 0.3 is 0 Å². The first kappa shape index (κ1) is 17.3. The third-order valence-electron chi connectivity index (χ3n) is 3.30. The number of benzene rings is 2. The van der Waals surface area contributed by atoms with Crippen molar-refractivity contribution < 1.29 is 22.4 Å². The number of hydrogen-bond donors (Lipinski definition) is 2. The smallest absolute Gasteiger partial charge is 0.275 e. The van der Waals surface area contributed by atoms with Gasteiger partial charge in [-0.2, -0.15) is 0 Å². The van der Waals surface area contributed by atoms with Crippen molar-refractivity contribution in [2.75, 3.05) is 10.6 Å². The minimum absolute atomic E-state index is 0.00245. The number of aromatic nitrogens is 2. The largest absolute Gasteiger partial charge is 0.336 e. The summed E-state index contributed by atoms with van der Waals surface area (Å²) in [6.45, 7) is 0. The molecular weight excluding hydrogens is 352 g/mol. The summed E-state index contributed by atoms with van der Waals surface area (Å²) < 4.78 is 53.2. The zero-order valence-electron chi connectivity index (χ0n) is 12.9. The Labute approximate surface area is 144 Å². The number of para-hydroxylation sites is 1. The number of amides is 1. The molecule has 0 aliphatic rings. The summed E-state index contributed by atoms with van der Waals surface area (Å²) >= 11 is 0. The molecule has 0 aliphatic carbocycles. The molecule has 9 heteroatoms. The van der Waals surface area contributed by atoms with E-state index < -0.39 is 29.2 Å². The van der Waals surface area contributed by atoms with Crippen LogP contribution in [0, 0.1) is 23.3 Å². The predicted octanol–water partition coefficient (Wildman–Crippen LogP) is 4.03. The van der Waals surface area contributed by atoms with Crippen LogP contribution in [-0.2, 0) is 0 Å². The molecule has 3 aromatic rings. The van der Waals surface area contributed by atoms with E-state index in [-0.39, 0.29) is 22.9 Å². The van der Waals surface area contributed by atoms with Crippen molar-refractivity contribution in [1.29, 1.82) is 0 Å². The number of rotatable bonds is 4. The van der Waals surface area contributed by atoms with Crippen molar-refractivity contribution in [2.45, 2.75) is 0 Å². The van der Waals surface area contributed by atoms with Gasteiger partial charge in [0, 0.05) is 0 Å². The third kappa shape index (κ3) is 3.61. The zero-order chi connectivity index (χ0) is 18.7. The summed E-state index contributed by atoms with van der Waals surface area (Å²) in [5.74, 6) is -5.66. The fourth-order valence-corrected chi connectivity index (χ4v) is 2.02. The van der Waals surface area contributed by atoms with Crippen molar-refractivity contribution in [3.05, 3.63) is 77.8 Å². The second-order valence-electron chi connectivity index (χ2n) is 5.07. The fourth-order valence-electron chi connectivity index (χ4n) is 2.02. The Morgan fingerprint density at radius 2 is 1.58 bits per heavy atom. The average Bonchev–Trinajstić information content (AvgIpc) is 2.64. The molecule has 0 unspecified atom stereocenters. The van der Waals surface area contributed by atoms with Crippen LogP contribution in [0.25, 0.3) is 0 Å². The second-order valence-corrected chi connectivity index (χ2v) is 5.07. The van der Waals surface area contributed by atoms with E-state index in [2.05, 4.69) is 20.6 Å². The predicted molar refractivity (Wildman–Crippen MR) is 86.0 cm³/mol. The van der Waals surface area contributed by atoms with E-state index in [9.17, 15) is 22.4 Å². The lowest BCUT2D eigenvalue weighted by molar-refractivity contribution is 0.102. The van der Waals surface area contributed by atoms with Crippen molar-refractivity contribution in [3.8, 4) is 0 Å². The van der Waals surface area contributed by atoms with Gasteiger partial charge in [-0.1, -0.05) is 12.1 Å². The number of nitrogens with one attached hydrogen (secondary N) is 2. The normalized spacial score (nSPS) is 10.5. The maximum Gasteiger partial charge on any atom is 0.275 e. The molecule has 1 amide bonds. The summed E-state index contributed by atoms with van der Waals surface area (Å²) in [6.07, 6.45) is 2.16.